The number of allylic oxidation sites excluding steroid dienone is 1. The van der Waals surface area contributed by atoms with E-state index in [-0.39, 0.29) is 23.7 Å². The quantitative estimate of drug-likeness (QED) is 0.610. The maximum absolute atomic E-state index is 12.8. The van der Waals surface area contributed by atoms with Gasteiger partial charge in [0.1, 0.15) is 6.61 Å². The summed E-state index contributed by atoms with van der Waals surface area (Å²) in [6, 6.07) is 11.1. The SMILES string of the molecule is COc1cc(Br)cc(C2NC(=O)NC(C)=C2C(=O)OCc2ccccc2)c1O. The van der Waals surface area contributed by atoms with Gasteiger partial charge in [-0.15, -0.1) is 0 Å². The van der Waals surface area contributed by atoms with E-state index in [1.54, 1.807) is 19.1 Å². The Balaban J connectivity index is 1.95. The van der Waals surface area contributed by atoms with E-state index in [0.29, 0.717) is 15.7 Å². The van der Waals surface area contributed by atoms with Crippen LogP contribution in [0.3, 0.4) is 0 Å². The summed E-state index contributed by atoms with van der Waals surface area (Å²) < 4.78 is 11.2. The molecule has 2 aromatic carbocycles. The fourth-order valence-corrected chi connectivity index (χ4v) is 3.42. The minimum absolute atomic E-state index is 0.0882. The highest BCUT2D eigenvalue weighted by molar-refractivity contribution is 9.10. The Morgan fingerprint density at radius 3 is 2.64 bits per heavy atom. The first-order chi connectivity index (χ1) is 13.4. The minimum atomic E-state index is -0.900. The maximum atomic E-state index is 12.8. The Morgan fingerprint density at radius 1 is 1.25 bits per heavy atom. The summed E-state index contributed by atoms with van der Waals surface area (Å²) >= 11 is 3.35. The van der Waals surface area contributed by atoms with Gasteiger partial charge in [-0.2, -0.15) is 0 Å². The van der Waals surface area contributed by atoms with Crippen LogP contribution in [0.4, 0.5) is 4.79 Å². The third kappa shape index (κ3) is 4.12. The van der Waals surface area contributed by atoms with Crippen molar-refractivity contribution in [3.63, 3.8) is 0 Å². The zero-order chi connectivity index (χ0) is 20.3. The van der Waals surface area contributed by atoms with Gasteiger partial charge in [-0.05, 0) is 24.6 Å². The number of carbonyl (C=O) groups excluding carboxylic acids is 2. The van der Waals surface area contributed by atoms with Crippen molar-refractivity contribution in [2.75, 3.05) is 7.11 Å². The van der Waals surface area contributed by atoms with E-state index in [4.69, 9.17) is 9.47 Å². The smallest absolute Gasteiger partial charge is 0.338 e. The number of amides is 2. The third-order valence-electron chi connectivity index (χ3n) is 4.30. The van der Waals surface area contributed by atoms with E-state index in [1.807, 2.05) is 30.3 Å². The predicted molar refractivity (Wildman–Crippen MR) is 106 cm³/mol. The van der Waals surface area contributed by atoms with E-state index < -0.39 is 18.0 Å². The molecular weight excluding hydrogens is 428 g/mol. The summed E-state index contributed by atoms with van der Waals surface area (Å²) in [5.74, 6) is -0.553. The highest BCUT2D eigenvalue weighted by Gasteiger charge is 2.34. The molecular formula is C20H19BrN2O5. The molecule has 3 rings (SSSR count). The largest absolute Gasteiger partial charge is 0.504 e. The minimum Gasteiger partial charge on any atom is -0.504 e. The van der Waals surface area contributed by atoms with Crippen LogP contribution in [-0.4, -0.2) is 24.2 Å². The molecule has 146 valence electrons. The zero-order valence-electron chi connectivity index (χ0n) is 15.3. The van der Waals surface area contributed by atoms with E-state index in [9.17, 15) is 14.7 Å². The molecule has 0 aliphatic carbocycles. The van der Waals surface area contributed by atoms with Crippen LogP contribution in [0.25, 0.3) is 0 Å². The van der Waals surface area contributed by atoms with Gasteiger partial charge in [0.05, 0.1) is 18.7 Å². The van der Waals surface area contributed by atoms with Gasteiger partial charge in [-0.3, -0.25) is 0 Å². The molecule has 7 nitrogen and oxygen atoms in total. The Labute approximate surface area is 170 Å². The van der Waals surface area contributed by atoms with Gasteiger partial charge in [0.25, 0.3) is 0 Å². The van der Waals surface area contributed by atoms with E-state index in [0.717, 1.165) is 5.56 Å². The lowest BCUT2D eigenvalue weighted by molar-refractivity contribution is -0.140. The average molecular weight is 447 g/mol. The average Bonchev–Trinajstić information content (AvgIpc) is 2.67. The number of aromatic hydroxyl groups is 1. The number of phenols is 1. The van der Waals surface area contributed by atoms with Crippen molar-refractivity contribution in [3.05, 3.63) is 69.3 Å². The van der Waals surface area contributed by atoms with Gasteiger partial charge in [0.2, 0.25) is 0 Å². The lowest BCUT2D eigenvalue weighted by atomic mass is 9.94. The lowest BCUT2D eigenvalue weighted by Gasteiger charge is -2.29. The van der Waals surface area contributed by atoms with Crippen molar-refractivity contribution in [2.24, 2.45) is 0 Å². The van der Waals surface area contributed by atoms with Gasteiger partial charge >= 0.3 is 12.0 Å². The molecule has 8 heteroatoms. The number of esters is 1. The normalized spacial score (nSPS) is 16.2. The Hall–Kier alpha value is -3.00. The molecule has 0 spiro atoms. The van der Waals surface area contributed by atoms with Crippen molar-refractivity contribution < 1.29 is 24.2 Å². The van der Waals surface area contributed by atoms with Crippen LogP contribution in [0.15, 0.2) is 58.2 Å². The molecule has 0 bridgehead atoms. The van der Waals surface area contributed by atoms with Crippen molar-refractivity contribution in [2.45, 2.75) is 19.6 Å². The summed E-state index contributed by atoms with van der Waals surface area (Å²) in [6.45, 7) is 1.70. The third-order valence-corrected chi connectivity index (χ3v) is 4.76. The summed E-state index contributed by atoms with van der Waals surface area (Å²) in [5, 5.41) is 15.8. The second-order valence-corrected chi connectivity index (χ2v) is 7.09. The fraction of sp³-hybridized carbons (Fsp3) is 0.200. The van der Waals surface area contributed by atoms with E-state index in [1.165, 1.54) is 7.11 Å². The molecule has 1 aliphatic rings. The Morgan fingerprint density at radius 2 is 1.96 bits per heavy atom. The number of phenolic OH excluding ortho intramolecular Hbond substituents is 1. The number of hydrogen-bond acceptors (Lipinski definition) is 5. The molecule has 1 atom stereocenters. The maximum Gasteiger partial charge on any atom is 0.338 e. The number of carbonyl (C=O) groups is 2. The molecule has 0 fully saturated rings. The highest BCUT2D eigenvalue weighted by Crippen LogP contribution is 2.40. The topological polar surface area (TPSA) is 96.9 Å². The molecule has 1 heterocycles. The number of ether oxygens (including phenoxy) is 2. The monoisotopic (exact) mass is 446 g/mol. The number of urea groups is 1. The first-order valence-electron chi connectivity index (χ1n) is 8.46. The Bertz CT molecular complexity index is 943. The van der Waals surface area contributed by atoms with Crippen LogP contribution in [0.1, 0.15) is 24.1 Å². The summed E-state index contributed by atoms with van der Waals surface area (Å²) in [4.78, 5) is 24.8. The van der Waals surface area contributed by atoms with Gasteiger partial charge in [0, 0.05) is 15.7 Å². The standard InChI is InChI=1S/C20H19BrN2O5/c1-11-16(19(25)28-10-12-6-4-3-5-7-12)17(23-20(26)22-11)14-8-13(21)9-15(27-2)18(14)24/h3-9,17,24H,10H2,1-2H3,(H2,22,23,26). The van der Waals surface area contributed by atoms with Crippen LogP contribution >= 0.6 is 15.9 Å². The van der Waals surface area contributed by atoms with Gasteiger partial charge in [-0.25, -0.2) is 9.59 Å². The van der Waals surface area contributed by atoms with Crippen LogP contribution in [0, 0.1) is 0 Å². The molecule has 3 N–H and O–H groups in total. The molecule has 0 aromatic heterocycles. The van der Waals surface area contributed by atoms with Crippen LogP contribution in [0.5, 0.6) is 11.5 Å². The van der Waals surface area contributed by atoms with Crippen molar-refractivity contribution in [3.8, 4) is 11.5 Å². The van der Waals surface area contributed by atoms with Crippen molar-refractivity contribution >= 4 is 27.9 Å². The number of benzene rings is 2. The second-order valence-electron chi connectivity index (χ2n) is 6.18. The molecule has 0 saturated heterocycles. The van der Waals surface area contributed by atoms with Gasteiger partial charge in [0.15, 0.2) is 11.5 Å². The van der Waals surface area contributed by atoms with Gasteiger partial charge < -0.3 is 25.2 Å². The molecule has 2 aromatic rings. The summed E-state index contributed by atoms with van der Waals surface area (Å²) in [7, 11) is 1.42. The van der Waals surface area contributed by atoms with Gasteiger partial charge in [-0.1, -0.05) is 46.3 Å². The summed E-state index contributed by atoms with van der Waals surface area (Å²) in [5.41, 5.74) is 1.70. The molecule has 1 aliphatic heterocycles. The first kappa shape index (κ1) is 19.8. The number of hydrogen-bond donors (Lipinski definition) is 3. The summed E-state index contributed by atoms with van der Waals surface area (Å²) in [6.07, 6.45) is 0. The molecule has 2 amide bonds. The fourth-order valence-electron chi connectivity index (χ4n) is 2.97. The molecule has 0 saturated carbocycles. The van der Waals surface area contributed by atoms with Crippen LogP contribution < -0.4 is 15.4 Å². The predicted octanol–water partition coefficient (Wildman–Crippen LogP) is 3.53. The zero-order valence-corrected chi connectivity index (χ0v) is 16.9. The van der Waals surface area contributed by atoms with Crippen LogP contribution in [0.2, 0.25) is 0 Å². The molecule has 1 unspecified atom stereocenters. The number of halogens is 1. The van der Waals surface area contributed by atoms with E-state index >= 15 is 0 Å². The molecule has 28 heavy (non-hydrogen) atoms. The Kier molecular flexibility index (Phi) is 5.89. The lowest BCUT2D eigenvalue weighted by Crippen LogP contribution is -2.45. The number of rotatable bonds is 5. The van der Waals surface area contributed by atoms with Crippen molar-refractivity contribution in [1.82, 2.24) is 10.6 Å². The van der Waals surface area contributed by atoms with Crippen LogP contribution in [-0.2, 0) is 16.1 Å². The van der Waals surface area contributed by atoms with Crippen molar-refractivity contribution in [1.29, 1.82) is 0 Å². The molecule has 0 radical (unpaired) electrons. The van der Waals surface area contributed by atoms with E-state index in [2.05, 4.69) is 26.6 Å². The highest BCUT2D eigenvalue weighted by atomic mass is 79.9. The number of nitrogens with one attached hydrogen (secondary N) is 2. The number of methoxy groups -OCH3 is 1. The second kappa shape index (κ2) is 8.35. The first-order valence-corrected chi connectivity index (χ1v) is 9.25.